The van der Waals surface area contributed by atoms with Crippen molar-refractivity contribution in [2.75, 3.05) is 0 Å². The maximum atomic E-state index is 11.9. The fourth-order valence-corrected chi connectivity index (χ4v) is 4.48. The Morgan fingerprint density at radius 3 is 2.62 bits per heavy atom. The molecule has 1 aliphatic carbocycles. The summed E-state index contributed by atoms with van der Waals surface area (Å²) >= 11 is 6.61. The molecule has 1 heterocycles. The Labute approximate surface area is 104 Å². The van der Waals surface area contributed by atoms with Crippen LogP contribution in [0.2, 0.25) is 4.47 Å². The largest absolute Gasteiger partial charge is 0.251 e. The highest BCUT2D eigenvalue weighted by atomic mass is 35.5. The maximum absolute atomic E-state index is 11.9. The Hall–Kier alpha value is -0.170. The Morgan fingerprint density at radius 2 is 2.06 bits per heavy atom. The highest BCUT2D eigenvalue weighted by Gasteiger charge is 2.23. The van der Waals surface area contributed by atoms with Gasteiger partial charge in [0.15, 0.2) is 8.68 Å². The summed E-state index contributed by atoms with van der Waals surface area (Å²) < 4.78 is 27.0. The first-order valence-corrected chi connectivity index (χ1v) is 7.89. The van der Waals surface area contributed by atoms with E-state index in [1.165, 1.54) is 12.6 Å². The van der Waals surface area contributed by atoms with E-state index >= 15 is 0 Å². The lowest BCUT2D eigenvalue weighted by atomic mass is 9.96. The zero-order valence-electron chi connectivity index (χ0n) is 8.65. The van der Waals surface area contributed by atoms with E-state index in [4.69, 9.17) is 11.6 Å². The first-order chi connectivity index (χ1) is 7.58. The summed E-state index contributed by atoms with van der Waals surface area (Å²) in [6.45, 7) is 0. The van der Waals surface area contributed by atoms with Gasteiger partial charge in [-0.25, -0.2) is 18.1 Å². The summed E-state index contributed by atoms with van der Waals surface area (Å²) in [5.41, 5.74) is 0. The molecule has 0 aliphatic heterocycles. The van der Waals surface area contributed by atoms with Crippen molar-refractivity contribution in [3.8, 4) is 0 Å². The highest BCUT2D eigenvalue weighted by molar-refractivity contribution is 7.91. The smallest absolute Gasteiger partial charge is 0.232 e. The Bertz CT molecular complexity index is 452. The van der Waals surface area contributed by atoms with Gasteiger partial charge in [0.1, 0.15) is 0 Å². The Morgan fingerprint density at radius 1 is 1.38 bits per heavy atom. The number of hydrogen-bond donors (Lipinski definition) is 1. The topological polar surface area (TPSA) is 59.1 Å². The van der Waals surface area contributed by atoms with E-state index in [1.54, 1.807) is 0 Å². The number of thiazole rings is 1. The minimum absolute atomic E-state index is 0.0691. The van der Waals surface area contributed by atoms with E-state index in [0.29, 0.717) is 0 Å². The molecule has 1 aliphatic rings. The zero-order chi connectivity index (χ0) is 11.6. The van der Waals surface area contributed by atoms with Gasteiger partial charge in [0.05, 0.1) is 6.20 Å². The van der Waals surface area contributed by atoms with Crippen LogP contribution in [-0.2, 0) is 10.0 Å². The van der Waals surface area contributed by atoms with E-state index in [2.05, 4.69) is 9.71 Å². The standard InChI is InChI=1S/C9H13ClN2O2S2/c10-9-11-6-8(15-9)16(13,14)12-7-4-2-1-3-5-7/h6-7,12H,1-5H2. The van der Waals surface area contributed by atoms with Crippen LogP contribution in [0.3, 0.4) is 0 Å². The van der Waals surface area contributed by atoms with Gasteiger partial charge in [-0.05, 0) is 12.8 Å². The number of halogens is 1. The van der Waals surface area contributed by atoms with E-state index < -0.39 is 10.0 Å². The molecule has 0 aromatic carbocycles. The van der Waals surface area contributed by atoms with Gasteiger partial charge in [0.2, 0.25) is 0 Å². The Kier molecular flexibility index (Phi) is 3.84. The van der Waals surface area contributed by atoms with Crippen molar-refractivity contribution in [3.63, 3.8) is 0 Å². The third-order valence-corrected chi connectivity index (χ3v) is 5.74. The van der Waals surface area contributed by atoms with E-state index in [0.717, 1.165) is 37.0 Å². The quantitative estimate of drug-likeness (QED) is 0.925. The molecule has 0 radical (unpaired) electrons. The molecule has 0 unspecified atom stereocenters. The molecule has 0 saturated heterocycles. The third kappa shape index (κ3) is 2.94. The van der Waals surface area contributed by atoms with Crippen molar-refractivity contribution >= 4 is 33.0 Å². The summed E-state index contributed by atoms with van der Waals surface area (Å²) in [7, 11) is -3.42. The SMILES string of the molecule is O=S(=O)(NC1CCCCC1)c1cnc(Cl)s1. The Balaban J connectivity index is 2.07. The van der Waals surface area contributed by atoms with Crippen LogP contribution in [0.15, 0.2) is 10.4 Å². The summed E-state index contributed by atoms with van der Waals surface area (Å²) in [6, 6.07) is 0.0691. The fraction of sp³-hybridized carbons (Fsp3) is 0.667. The normalized spacial score (nSPS) is 18.8. The molecule has 0 atom stereocenters. The monoisotopic (exact) mass is 280 g/mol. The van der Waals surface area contributed by atoms with Crippen molar-refractivity contribution in [3.05, 3.63) is 10.7 Å². The van der Waals surface area contributed by atoms with Crippen LogP contribution in [-0.4, -0.2) is 19.4 Å². The van der Waals surface area contributed by atoms with Crippen LogP contribution in [0, 0.1) is 0 Å². The lowest BCUT2D eigenvalue weighted by Gasteiger charge is -2.21. The van der Waals surface area contributed by atoms with Crippen molar-refractivity contribution < 1.29 is 8.42 Å². The number of hydrogen-bond acceptors (Lipinski definition) is 4. The zero-order valence-corrected chi connectivity index (χ0v) is 11.0. The number of aromatic nitrogens is 1. The van der Waals surface area contributed by atoms with Crippen molar-refractivity contribution in [1.29, 1.82) is 0 Å². The molecule has 2 rings (SSSR count). The van der Waals surface area contributed by atoms with Gasteiger partial charge < -0.3 is 0 Å². The minimum Gasteiger partial charge on any atom is -0.232 e. The van der Waals surface area contributed by atoms with Crippen molar-refractivity contribution in [2.45, 2.75) is 42.4 Å². The third-order valence-electron chi connectivity index (χ3n) is 2.65. The van der Waals surface area contributed by atoms with Crippen LogP contribution >= 0.6 is 22.9 Å². The number of sulfonamides is 1. The van der Waals surface area contributed by atoms with Crippen LogP contribution in [0.1, 0.15) is 32.1 Å². The number of nitrogens with one attached hydrogen (secondary N) is 1. The molecule has 4 nitrogen and oxygen atoms in total. The van der Waals surface area contributed by atoms with Gasteiger partial charge in [-0.1, -0.05) is 42.2 Å². The van der Waals surface area contributed by atoms with Gasteiger partial charge in [-0.15, -0.1) is 0 Å². The molecule has 1 fully saturated rings. The number of rotatable bonds is 3. The molecule has 16 heavy (non-hydrogen) atoms. The van der Waals surface area contributed by atoms with Crippen LogP contribution in [0.4, 0.5) is 0 Å². The van der Waals surface area contributed by atoms with Crippen molar-refractivity contribution in [1.82, 2.24) is 9.71 Å². The fourth-order valence-electron chi connectivity index (χ4n) is 1.86. The summed E-state index contributed by atoms with van der Waals surface area (Å²) in [4.78, 5) is 3.74. The first-order valence-electron chi connectivity index (χ1n) is 5.21. The van der Waals surface area contributed by atoms with Crippen LogP contribution in [0.25, 0.3) is 0 Å². The lowest BCUT2D eigenvalue weighted by Crippen LogP contribution is -2.35. The molecular weight excluding hydrogens is 268 g/mol. The predicted octanol–water partition coefficient (Wildman–Crippen LogP) is 2.41. The second-order valence-electron chi connectivity index (χ2n) is 3.89. The molecule has 1 N–H and O–H groups in total. The molecule has 0 amide bonds. The molecular formula is C9H13ClN2O2S2. The summed E-state index contributed by atoms with van der Waals surface area (Å²) in [5.74, 6) is 0. The molecule has 0 bridgehead atoms. The summed E-state index contributed by atoms with van der Waals surface area (Å²) in [6.07, 6.45) is 6.54. The molecule has 7 heteroatoms. The van der Waals surface area contributed by atoms with Crippen molar-refractivity contribution in [2.24, 2.45) is 0 Å². The molecule has 1 aromatic heterocycles. The lowest BCUT2D eigenvalue weighted by molar-refractivity contribution is 0.412. The maximum Gasteiger partial charge on any atom is 0.251 e. The van der Waals surface area contributed by atoms with Gasteiger partial charge >= 0.3 is 0 Å². The second-order valence-corrected chi connectivity index (χ2v) is 7.44. The van der Waals surface area contributed by atoms with Gasteiger partial charge in [0, 0.05) is 6.04 Å². The van der Waals surface area contributed by atoms with Crippen LogP contribution < -0.4 is 4.72 Å². The van der Waals surface area contributed by atoms with Gasteiger partial charge in [-0.2, -0.15) is 0 Å². The first kappa shape index (κ1) is 12.3. The van der Waals surface area contributed by atoms with Gasteiger partial charge in [0.25, 0.3) is 10.0 Å². The average Bonchev–Trinajstić information content (AvgIpc) is 2.66. The van der Waals surface area contributed by atoms with E-state index in [-0.39, 0.29) is 14.7 Å². The second kappa shape index (κ2) is 5.00. The molecule has 0 spiro atoms. The predicted molar refractivity (Wildman–Crippen MR) is 64.3 cm³/mol. The minimum atomic E-state index is -3.42. The van der Waals surface area contributed by atoms with Crippen LogP contribution in [0.5, 0.6) is 0 Å². The number of nitrogens with zero attached hydrogens (tertiary/aromatic N) is 1. The van der Waals surface area contributed by atoms with E-state index in [1.807, 2.05) is 0 Å². The average molecular weight is 281 g/mol. The summed E-state index contributed by atoms with van der Waals surface area (Å²) in [5, 5.41) is 0. The van der Waals surface area contributed by atoms with E-state index in [9.17, 15) is 8.42 Å². The highest BCUT2D eigenvalue weighted by Crippen LogP contribution is 2.24. The molecule has 1 aromatic rings. The molecule has 1 saturated carbocycles. The molecule has 90 valence electrons. The van der Waals surface area contributed by atoms with Gasteiger partial charge in [-0.3, -0.25) is 0 Å².